The third-order valence-electron chi connectivity index (χ3n) is 5.90. The van der Waals surface area contributed by atoms with Crippen LogP contribution in [0.3, 0.4) is 0 Å². The van der Waals surface area contributed by atoms with Crippen LogP contribution < -0.4 is 14.4 Å². The highest BCUT2D eigenvalue weighted by molar-refractivity contribution is 6.51. The number of esters is 1. The molecule has 0 spiro atoms. The van der Waals surface area contributed by atoms with Crippen molar-refractivity contribution >= 4 is 29.1 Å². The van der Waals surface area contributed by atoms with Gasteiger partial charge in [0, 0.05) is 11.3 Å². The van der Waals surface area contributed by atoms with E-state index in [0.29, 0.717) is 28.3 Å². The quantitative estimate of drug-likeness (QED) is 0.213. The number of anilines is 1. The number of rotatable bonds is 7. The highest BCUT2D eigenvalue weighted by Gasteiger charge is 2.47. The number of benzene rings is 3. The largest absolute Gasteiger partial charge is 0.507 e. The monoisotopic (exact) mass is 501 g/mol. The molecule has 0 saturated carbocycles. The third kappa shape index (κ3) is 5.04. The Kier molecular flexibility index (Phi) is 7.29. The summed E-state index contributed by atoms with van der Waals surface area (Å²) in [6, 6.07) is 18.8. The molecule has 190 valence electrons. The van der Waals surface area contributed by atoms with Crippen LogP contribution in [0.2, 0.25) is 0 Å². The maximum Gasteiger partial charge on any atom is 0.337 e. The van der Waals surface area contributed by atoms with Gasteiger partial charge in [-0.15, -0.1) is 0 Å². The molecule has 0 aromatic heterocycles. The highest BCUT2D eigenvalue weighted by Crippen LogP contribution is 2.43. The number of amides is 1. The summed E-state index contributed by atoms with van der Waals surface area (Å²) in [6.45, 7) is 3.76. The maximum absolute atomic E-state index is 13.4. The lowest BCUT2D eigenvalue weighted by molar-refractivity contribution is -0.132. The smallest absolute Gasteiger partial charge is 0.337 e. The van der Waals surface area contributed by atoms with Gasteiger partial charge in [0.1, 0.15) is 17.3 Å². The van der Waals surface area contributed by atoms with Crippen LogP contribution in [-0.4, -0.2) is 43.1 Å². The van der Waals surface area contributed by atoms with Gasteiger partial charge in [-0.2, -0.15) is 0 Å². The zero-order valence-corrected chi connectivity index (χ0v) is 20.9. The highest BCUT2D eigenvalue weighted by atomic mass is 16.5. The summed E-state index contributed by atoms with van der Waals surface area (Å²) in [5, 5.41) is 11.4. The lowest BCUT2D eigenvalue weighted by atomic mass is 9.95. The van der Waals surface area contributed by atoms with Crippen molar-refractivity contribution in [2.45, 2.75) is 26.0 Å². The van der Waals surface area contributed by atoms with Crippen LogP contribution in [0, 0.1) is 0 Å². The Hall–Kier alpha value is -4.59. The van der Waals surface area contributed by atoms with Gasteiger partial charge in [0.25, 0.3) is 11.7 Å². The van der Waals surface area contributed by atoms with E-state index in [0.717, 1.165) is 0 Å². The molecular weight excluding hydrogens is 474 g/mol. The first-order valence-corrected chi connectivity index (χ1v) is 11.7. The molecule has 1 heterocycles. The van der Waals surface area contributed by atoms with Crippen molar-refractivity contribution in [2.75, 3.05) is 19.1 Å². The number of nitrogens with zero attached hydrogens (tertiary/aromatic N) is 1. The van der Waals surface area contributed by atoms with Gasteiger partial charge in [-0.05, 0) is 61.9 Å². The van der Waals surface area contributed by atoms with Gasteiger partial charge in [-0.3, -0.25) is 14.5 Å². The van der Waals surface area contributed by atoms with E-state index in [2.05, 4.69) is 0 Å². The van der Waals surface area contributed by atoms with Crippen molar-refractivity contribution in [2.24, 2.45) is 0 Å². The number of carbonyl (C=O) groups excluding carboxylic acids is 3. The summed E-state index contributed by atoms with van der Waals surface area (Å²) in [5.41, 5.74) is 1.34. The van der Waals surface area contributed by atoms with Gasteiger partial charge in [0.15, 0.2) is 0 Å². The molecule has 8 nitrogen and oxygen atoms in total. The van der Waals surface area contributed by atoms with Crippen LogP contribution in [-0.2, 0) is 14.3 Å². The number of ketones is 1. The van der Waals surface area contributed by atoms with Crippen molar-refractivity contribution < 1.29 is 33.7 Å². The fourth-order valence-electron chi connectivity index (χ4n) is 4.25. The minimum atomic E-state index is -0.964. The molecule has 1 fully saturated rings. The molecule has 1 unspecified atom stereocenters. The molecule has 1 saturated heterocycles. The third-order valence-corrected chi connectivity index (χ3v) is 5.90. The van der Waals surface area contributed by atoms with Gasteiger partial charge in [-0.1, -0.05) is 30.3 Å². The molecule has 1 atom stereocenters. The average Bonchev–Trinajstić information content (AvgIpc) is 3.17. The van der Waals surface area contributed by atoms with Gasteiger partial charge in [0.05, 0.1) is 37.5 Å². The van der Waals surface area contributed by atoms with E-state index < -0.39 is 23.7 Å². The number of aliphatic hydroxyl groups is 1. The minimum Gasteiger partial charge on any atom is -0.507 e. The molecule has 1 amide bonds. The number of ether oxygens (including phenoxy) is 3. The van der Waals surface area contributed by atoms with Gasteiger partial charge >= 0.3 is 5.97 Å². The molecule has 3 aromatic rings. The van der Waals surface area contributed by atoms with E-state index in [1.165, 1.54) is 25.2 Å². The Morgan fingerprint density at radius 3 is 2.22 bits per heavy atom. The lowest BCUT2D eigenvalue weighted by Gasteiger charge is -2.26. The Balaban J connectivity index is 1.90. The summed E-state index contributed by atoms with van der Waals surface area (Å²) >= 11 is 0. The van der Waals surface area contributed by atoms with Crippen molar-refractivity contribution in [1.29, 1.82) is 0 Å². The summed E-state index contributed by atoms with van der Waals surface area (Å²) in [7, 11) is 2.79. The number of methoxy groups -OCH3 is 2. The fraction of sp³-hybridized carbons (Fsp3) is 0.207. The maximum atomic E-state index is 13.4. The van der Waals surface area contributed by atoms with E-state index in [1.54, 1.807) is 66.7 Å². The number of hydrogen-bond donors (Lipinski definition) is 1. The lowest BCUT2D eigenvalue weighted by Crippen LogP contribution is -2.29. The topological polar surface area (TPSA) is 102 Å². The Morgan fingerprint density at radius 2 is 1.57 bits per heavy atom. The van der Waals surface area contributed by atoms with Crippen molar-refractivity contribution in [1.82, 2.24) is 0 Å². The molecule has 8 heteroatoms. The van der Waals surface area contributed by atoms with Crippen LogP contribution in [0.1, 0.15) is 41.4 Å². The number of Topliss-reactive ketones (excluding diaryl/α,β-unsaturated/α-hetero) is 1. The Bertz CT molecular complexity index is 1380. The van der Waals surface area contributed by atoms with Crippen LogP contribution in [0.15, 0.2) is 78.4 Å². The molecule has 0 aliphatic carbocycles. The molecular formula is C29H27NO7. The summed E-state index contributed by atoms with van der Waals surface area (Å²) < 4.78 is 15.8. The fourth-order valence-corrected chi connectivity index (χ4v) is 4.25. The predicted octanol–water partition coefficient (Wildman–Crippen LogP) is 4.90. The summed E-state index contributed by atoms with van der Waals surface area (Å²) in [6.07, 6.45) is -0.0932. The molecule has 1 N–H and O–H groups in total. The SMILES string of the molecule is COC(=O)c1cccc(N2C(=O)C(=O)/C(=C(/O)c3cccc(OC(C)C)c3)C2c2ccc(OC)cc2)c1. The van der Waals surface area contributed by atoms with Crippen LogP contribution >= 0.6 is 0 Å². The number of carbonyl (C=O) groups is 3. The molecule has 0 bridgehead atoms. The second kappa shape index (κ2) is 10.6. The molecule has 1 aliphatic heterocycles. The van der Waals surface area contributed by atoms with E-state index in [4.69, 9.17) is 14.2 Å². The van der Waals surface area contributed by atoms with E-state index in [-0.39, 0.29) is 23.0 Å². The zero-order valence-electron chi connectivity index (χ0n) is 20.9. The minimum absolute atomic E-state index is 0.0830. The van der Waals surface area contributed by atoms with Gasteiger partial charge in [-0.25, -0.2) is 4.79 Å². The second-order valence-corrected chi connectivity index (χ2v) is 8.68. The van der Waals surface area contributed by atoms with Gasteiger partial charge in [0.2, 0.25) is 0 Å². The predicted molar refractivity (Wildman–Crippen MR) is 138 cm³/mol. The zero-order chi connectivity index (χ0) is 26.7. The number of hydrogen-bond acceptors (Lipinski definition) is 7. The van der Waals surface area contributed by atoms with E-state index in [9.17, 15) is 19.5 Å². The van der Waals surface area contributed by atoms with Crippen LogP contribution in [0.5, 0.6) is 11.5 Å². The molecule has 37 heavy (non-hydrogen) atoms. The Morgan fingerprint density at radius 1 is 0.892 bits per heavy atom. The van der Waals surface area contributed by atoms with Crippen LogP contribution in [0.25, 0.3) is 5.76 Å². The first kappa shape index (κ1) is 25.5. The van der Waals surface area contributed by atoms with Gasteiger partial charge < -0.3 is 19.3 Å². The standard InChI is InChI=1S/C29H27NO7/c1-17(2)37-23-10-6-7-19(16-23)26(31)24-25(18-11-13-22(35-3)14-12-18)30(28(33)27(24)32)21-9-5-8-20(15-21)29(34)36-4/h5-17,25,31H,1-4H3/b26-24+. The Labute approximate surface area is 214 Å². The first-order chi connectivity index (χ1) is 17.7. The van der Waals surface area contributed by atoms with Crippen molar-refractivity contribution in [3.8, 4) is 11.5 Å². The molecule has 1 aliphatic rings. The van der Waals surface area contributed by atoms with Crippen molar-refractivity contribution in [3.63, 3.8) is 0 Å². The summed E-state index contributed by atoms with van der Waals surface area (Å²) in [5.74, 6) is -1.50. The normalized spacial score (nSPS) is 16.7. The van der Waals surface area contributed by atoms with E-state index >= 15 is 0 Å². The average molecular weight is 502 g/mol. The first-order valence-electron chi connectivity index (χ1n) is 11.7. The second-order valence-electron chi connectivity index (χ2n) is 8.68. The van der Waals surface area contributed by atoms with E-state index in [1.807, 2.05) is 13.8 Å². The molecule has 3 aromatic carbocycles. The van der Waals surface area contributed by atoms with Crippen LogP contribution in [0.4, 0.5) is 5.69 Å². The summed E-state index contributed by atoms with van der Waals surface area (Å²) in [4.78, 5) is 40.2. The number of aliphatic hydroxyl groups excluding tert-OH is 1. The molecule has 0 radical (unpaired) electrons. The van der Waals surface area contributed by atoms with Crippen molar-refractivity contribution in [3.05, 3.63) is 95.1 Å². The molecule has 4 rings (SSSR count).